The average molecular weight is 436 g/mol. The average Bonchev–Trinajstić information content (AvgIpc) is 3.21. The number of amides is 1. The lowest BCUT2D eigenvalue weighted by Gasteiger charge is -2.13. The van der Waals surface area contributed by atoms with Gasteiger partial charge in [-0.05, 0) is 40.6 Å². The minimum Gasteiger partial charge on any atom is -0.496 e. The number of methoxy groups -OCH3 is 1. The Morgan fingerprint density at radius 2 is 1.67 bits per heavy atom. The van der Waals surface area contributed by atoms with Crippen LogP contribution in [0.1, 0.15) is 21.7 Å². The molecule has 1 amide bonds. The number of rotatable bonds is 7. The van der Waals surface area contributed by atoms with Gasteiger partial charge in [-0.1, -0.05) is 66.7 Å². The summed E-state index contributed by atoms with van der Waals surface area (Å²) in [6.07, 6.45) is 0.625. The van der Waals surface area contributed by atoms with Crippen molar-refractivity contribution in [3.63, 3.8) is 0 Å². The molecule has 0 spiro atoms. The number of carbonyl (C=O) groups excluding carboxylic acids is 1. The highest BCUT2D eigenvalue weighted by atomic mass is 16.5. The fourth-order valence-electron chi connectivity index (χ4n) is 4.31. The summed E-state index contributed by atoms with van der Waals surface area (Å²) in [5, 5.41) is 5.49. The summed E-state index contributed by atoms with van der Waals surface area (Å²) in [6, 6.07) is 30.3. The molecule has 5 rings (SSSR count). The Bertz CT molecular complexity index is 1430. The van der Waals surface area contributed by atoms with Crippen molar-refractivity contribution < 1.29 is 9.53 Å². The number of aromatic nitrogens is 2. The van der Waals surface area contributed by atoms with Crippen molar-refractivity contribution in [2.45, 2.75) is 13.0 Å². The zero-order valence-corrected chi connectivity index (χ0v) is 18.5. The van der Waals surface area contributed by atoms with Crippen LogP contribution < -0.4 is 10.1 Å². The van der Waals surface area contributed by atoms with Crippen LogP contribution in [0.5, 0.6) is 5.75 Å². The Balaban J connectivity index is 1.41. The Labute approximate surface area is 192 Å². The minimum absolute atomic E-state index is 0.149. The van der Waals surface area contributed by atoms with Crippen LogP contribution in [-0.4, -0.2) is 29.1 Å². The van der Waals surface area contributed by atoms with Crippen molar-refractivity contribution >= 4 is 27.7 Å². The van der Waals surface area contributed by atoms with Crippen LogP contribution in [0, 0.1) is 0 Å². The minimum atomic E-state index is -0.149. The molecule has 0 radical (unpaired) electrons. The number of carbonyl (C=O) groups is 1. The summed E-state index contributed by atoms with van der Waals surface area (Å²) in [4.78, 5) is 17.6. The van der Waals surface area contributed by atoms with Gasteiger partial charge in [-0.3, -0.25) is 4.79 Å². The lowest BCUT2D eigenvalue weighted by Crippen LogP contribution is -2.27. The molecule has 0 aliphatic rings. The first kappa shape index (κ1) is 20.8. The van der Waals surface area contributed by atoms with Crippen molar-refractivity contribution in [3.8, 4) is 5.75 Å². The summed E-state index contributed by atoms with van der Waals surface area (Å²) < 4.78 is 7.57. The highest BCUT2D eigenvalue weighted by Crippen LogP contribution is 2.23. The van der Waals surface area contributed by atoms with Gasteiger partial charge in [0.2, 0.25) is 0 Å². The monoisotopic (exact) mass is 435 g/mol. The van der Waals surface area contributed by atoms with Crippen LogP contribution in [-0.2, 0) is 13.0 Å². The van der Waals surface area contributed by atoms with Crippen LogP contribution in [0.3, 0.4) is 0 Å². The molecule has 0 aliphatic heterocycles. The maximum absolute atomic E-state index is 12.7. The molecule has 0 saturated heterocycles. The number of benzene rings is 4. The highest BCUT2D eigenvalue weighted by Gasteiger charge is 2.14. The molecule has 0 bridgehead atoms. The van der Waals surface area contributed by atoms with Crippen LogP contribution in [0.2, 0.25) is 0 Å². The van der Waals surface area contributed by atoms with E-state index in [9.17, 15) is 4.79 Å². The SMILES string of the molecule is COc1ccccc1C(=O)NCCc1nc2ccccc2n1Cc1cccc2ccccc12. The van der Waals surface area contributed by atoms with E-state index in [4.69, 9.17) is 9.72 Å². The first-order chi connectivity index (χ1) is 16.2. The van der Waals surface area contributed by atoms with E-state index in [1.54, 1.807) is 19.2 Å². The number of nitrogens with zero attached hydrogens (tertiary/aromatic N) is 2. The van der Waals surface area contributed by atoms with Crippen LogP contribution in [0.15, 0.2) is 91.0 Å². The molecule has 1 N–H and O–H groups in total. The molecule has 5 aromatic rings. The molecule has 164 valence electrons. The zero-order valence-electron chi connectivity index (χ0n) is 18.5. The fraction of sp³-hybridized carbons (Fsp3) is 0.143. The van der Waals surface area contributed by atoms with Crippen molar-refractivity contribution in [1.29, 1.82) is 0 Å². The second-order valence-electron chi connectivity index (χ2n) is 7.95. The summed E-state index contributed by atoms with van der Waals surface area (Å²) in [5.41, 5.74) is 3.83. The van der Waals surface area contributed by atoms with Crippen molar-refractivity contribution in [3.05, 3.63) is 108 Å². The largest absolute Gasteiger partial charge is 0.496 e. The number of ether oxygens (including phenoxy) is 1. The van der Waals surface area contributed by atoms with E-state index >= 15 is 0 Å². The molecule has 1 heterocycles. The number of hydrogen-bond donors (Lipinski definition) is 1. The predicted molar refractivity (Wildman–Crippen MR) is 132 cm³/mol. The Morgan fingerprint density at radius 3 is 2.58 bits per heavy atom. The molecule has 4 aromatic carbocycles. The number of hydrogen-bond acceptors (Lipinski definition) is 3. The molecular weight excluding hydrogens is 410 g/mol. The second kappa shape index (κ2) is 9.17. The normalized spacial score (nSPS) is 11.1. The summed E-state index contributed by atoms with van der Waals surface area (Å²) in [7, 11) is 1.57. The molecule has 5 nitrogen and oxygen atoms in total. The quantitative estimate of drug-likeness (QED) is 0.381. The summed E-state index contributed by atoms with van der Waals surface area (Å²) in [5.74, 6) is 1.37. The molecule has 0 unspecified atom stereocenters. The maximum atomic E-state index is 12.7. The molecule has 0 atom stereocenters. The molecule has 0 saturated carbocycles. The van der Waals surface area contributed by atoms with Gasteiger partial charge < -0.3 is 14.6 Å². The van der Waals surface area contributed by atoms with E-state index in [1.807, 2.05) is 30.3 Å². The predicted octanol–water partition coefficient (Wildman–Crippen LogP) is 5.22. The molecular formula is C28H25N3O2. The number of imidazole rings is 1. The topological polar surface area (TPSA) is 56.1 Å². The van der Waals surface area contributed by atoms with Crippen molar-refractivity contribution in [2.24, 2.45) is 0 Å². The molecule has 33 heavy (non-hydrogen) atoms. The molecule has 5 heteroatoms. The lowest BCUT2D eigenvalue weighted by molar-refractivity contribution is 0.0951. The van der Waals surface area contributed by atoms with E-state index in [0.717, 1.165) is 23.4 Å². The van der Waals surface area contributed by atoms with Gasteiger partial charge in [0.1, 0.15) is 11.6 Å². The van der Waals surface area contributed by atoms with Gasteiger partial charge in [0.15, 0.2) is 0 Å². The Hall–Kier alpha value is -4.12. The van der Waals surface area contributed by atoms with Gasteiger partial charge in [0.25, 0.3) is 5.91 Å². The molecule has 1 aromatic heterocycles. The first-order valence-electron chi connectivity index (χ1n) is 11.1. The Kier molecular flexibility index (Phi) is 5.77. The van der Waals surface area contributed by atoms with E-state index in [-0.39, 0.29) is 5.91 Å². The molecule has 0 aliphatic carbocycles. The van der Waals surface area contributed by atoms with E-state index in [1.165, 1.54) is 16.3 Å². The van der Waals surface area contributed by atoms with Gasteiger partial charge in [0.05, 0.1) is 23.7 Å². The van der Waals surface area contributed by atoms with E-state index in [0.29, 0.717) is 24.3 Å². The third kappa shape index (κ3) is 4.17. The van der Waals surface area contributed by atoms with Gasteiger partial charge in [-0.2, -0.15) is 0 Å². The summed E-state index contributed by atoms with van der Waals surface area (Å²) in [6.45, 7) is 1.20. The number of para-hydroxylation sites is 3. The van der Waals surface area contributed by atoms with Crippen molar-refractivity contribution in [2.75, 3.05) is 13.7 Å². The van der Waals surface area contributed by atoms with Crippen molar-refractivity contribution in [1.82, 2.24) is 14.9 Å². The van der Waals surface area contributed by atoms with Crippen LogP contribution in [0.4, 0.5) is 0 Å². The van der Waals surface area contributed by atoms with Gasteiger partial charge in [-0.25, -0.2) is 4.98 Å². The third-order valence-corrected chi connectivity index (χ3v) is 5.93. The Morgan fingerprint density at radius 1 is 0.909 bits per heavy atom. The number of fused-ring (bicyclic) bond motifs is 2. The first-order valence-corrected chi connectivity index (χ1v) is 11.1. The van der Waals surface area contributed by atoms with E-state index < -0.39 is 0 Å². The van der Waals surface area contributed by atoms with Crippen LogP contribution in [0.25, 0.3) is 21.8 Å². The summed E-state index contributed by atoms with van der Waals surface area (Å²) >= 11 is 0. The van der Waals surface area contributed by atoms with E-state index in [2.05, 4.69) is 58.4 Å². The smallest absolute Gasteiger partial charge is 0.255 e. The van der Waals surface area contributed by atoms with Gasteiger partial charge in [0, 0.05) is 19.5 Å². The molecule has 0 fully saturated rings. The fourth-order valence-corrected chi connectivity index (χ4v) is 4.31. The highest BCUT2D eigenvalue weighted by molar-refractivity contribution is 5.96. The zero-order chi connectivity index (χ0) is 22.6. The van der Waals surface area contributed by atoms with Gasteiger partial charge >= 0.3 is 0 Å². The van der Waals surface area contributed by atoms with Crippen LogP contribution >= 0.6 is 0 Å². The lowest BCUT2D eigenvalue weighted by atomic mass is 10.0. The maximum Gasteiger partial charge on any atom is 0.255 e. The van der Waals surface area contributed by atoms with Gasteiger partial charge in [-0.15, -0.1) is 0 Å². The second-order valence-corrected chi connectivity index (χ2v) is 7.95. The number of nitrogens with one attached hydrogen (secondary N) is 1. The third-order valence-electron chi connectivity index (χ3n) is 5.93. The standard InChI is InChI=1S/C28H25N3O2/c1-33-26-16-7-4-13-23(26)28(32)29-18-17-27-30-24-14-5-6-15-25(24)31(27)19-21-11-8-10-20-9-2-3-12-22(20)21/h2-16H,17-19H2,1H3,(H,29,32).